The molecule has 1 heterocycles. The standard InChI is InChI=1S/C9H15N3O2/c1-2-7-14-8-3-4-10-9(12-8)11-5-6-13/h3-4,13H,2,5-7H2,1H3,(H,10,11,12). The van der Waals surface area contributed by atoms with Crippen LogP contribution in [0, 0.1) is 0 Å². The summed E-state index contributed by atoms with van der Waals surface area (Å²) in [5.41, 5.74) is 0. The Labute approximate surface area is 83.2 Å². The molecule has 0 aromatic carbocycles. The average Bonchev–Trinajstić information content (AvgIpc) is 2.24. The van der Waals surface area contributed by atoms with Crippen LogP contribution in [0.1, 0.15) is 13.3 Å². The molecule has 1 rings (SSSR count). The highest BCUT2D eigenvalue weighted by atomic mass is 16.5. The van der Waals surface area contributed by atoms with Crippen molar-refractivity contribution in [2.45, 2.75) is 13.3 Å². The number of nitrogens with one attached hydrogen (secondary N) is 1. The average molecular weight is 197 g/mol. The van der Waals surface area contributed by atoms with Gasteiger partial charge in [0.15, 0.2) is 0 Å². The van der Waals surface area contributed by atoms with Crippen LogP contribution in [0.2, 0.25) is 0 Å². The third-order valence-electron chi connectivity index (χ3n) is 1.48. The van der Waals surface area contributed by atoms with Crippen LogP contribution in [0.25, 0.3) is 0 Å². The molecule has 0 amide bonds. The summed E-state index contributed by atoms with van der Waals surface area (Å²) in [6.07, 6.45) is 2.57. The molecule has 0 bridgehead atoms. The zero-order chi connectivity index (χ0) is 10.2. The largest absolute Gasteiger partial charge is 0.478 e. The molecular formula is C9H15N3O2. The van der Waals surface area contributed by atoms with Crippen LogP contribution in [0.5, 0.6) is 5.88 Å². The molecule has 2 N–H and O–H groups in total. The van der Waals surface area contributed by atoms with E-state index in [2.05, 4.69) is 15.3 Å². The second kappa shape index (κ2) is 6.15. The number of anilines is 1. The topological polar surface area (TPSA) is 67.3 Å². The Balaban J connectivity index is 2.50. The monoisotopic (exact) mass is 197 g/mol. The molecule has 78 valence electrons. The van der Waals surface area contributed by atoms with Gasteiger partial charge in [-0.2, -0.15) is 4.98 Å². The van der Waals surface area contributed by atoms with Crippen molar-refractivity contribution in [3.8, 4) is 5.88 Å². The van der Waals surface area contributed by atoms with Crippen LogP contribution in [0.4, 0.5) is 5.95 Å². The van der Waals surface area contributed by atoms with Gasteiger partial charge in [0, 0.05) is 18.8 Å². The van der Waals surface area contributed by atoms with Crippen molar-refractivity contribution in [1.29, 1.82) is 0 Å². The molecule has 1 aromatic rings. The Kier molecular flexibility index (Phi) is 4.71. The van der Waals surface area contributed by atoms with Crippen molar-refractivity contribution in [2.75, 3.05) is 25.1 Å². The van der Waals surface area contributed by atoms with Crippen LogP contribution in [0.3, 0.4) is 0 Å². The van der Waals surface area contributed by atoms with E-state index in [9.17, 15) is 0 Å². The summed E-state index contributed by atoms with van der Waals surface area (Å²) in [7, 11) is 0. The first-order valence-electron chi connectivity index (χ1n) is 4.67. The maximum Gasteiger partial charge on any atom is 0.226 e. The normalized spacial score (nSPS) is 9.86. The Morgan fingerprint density at radius 2 is 2.43 bits per heavy atom. The van der Waals surface area contributed by atoms with E-state index in [1.807, 2.05) is 6.92 Å². The van der Waals surface area contributed by atoms with Crippen LogP contribution in [0.15, 0.2) is 12.3 Å². The quantitative estimate of drug-likeness (QED) is 0.701. The van der Waals surface area contributed by atoms with Crippen molar-refractivity contribution in [3.05, 3.63) is 12.3 Å². The summed E-state index contributed by atoms with van der Waals surface area (Å²) in [6, 6.07) is 1.71. The van der Waals surface area contributed by atoms with E-state index in [4.69, 9.17) is 9.84 Å². The molecule has 1 aromatic heterocycles. The predicted molar refractivity (Wildman–Crippen MR) is 53.4 cm³/mol. The number of aliphatic hydroxyl groups is 1. The second-order valence-electron chi connectivity index (χ2n) is 2.72. The van der Waals surface area contributed by atoms with Crippen molar-refractivity contribution in [1.82, 2.24) is 9.97 Å². The Bertz CT molecular complexity index is 245. The highest BCUT2D eigenvalue weighted by Crippen LogP contribution is 2.07. The number of hydrogen-bond donors (Lipinski definition) is 2. The molecule has 14 heavy (non-hydrogen) atoms. The molecule has 0 saturated heterocycles. The molecule has 0 fully saturated rings. The fraction of sp³-hybridized carbons (Fsp3) is 0.556. The second-order valence-corrected chi connectivity index (χ2v) is 2.72. The van der Waals surface area contributed by atoms with Gasteiger partial charge in [0.2, 0.25) is 11.8 Å². The number of hydrogen-bond acceptors (Lipinski definition) is 5. The first kappa shape index (κ1) is 10.7. The lowest BCUT2D eigenvalue weighted by molar-refractivity contribution is 0.303. The maximum atomic E-state index is 8.59. The minimum atomic E-state index is 0.0589. The molecule has 0 saturated carbocycles. The van der Waals surface area contributed by atoms with E-state index in [0.29, 0.717) is 25.0 Å². The molecule has 0 atom stereocenters. The van der Waals surface area contributed by atoms with Crippen molar-refractivity contribution >= 4 is 5.95 Å². The lowest BCUT2D eigenvalue weighted by Gasteiger charge is -2.05. The van der Waals surface area contributed by atoms with Crippen molar-refractivity contribution in [3.63, 3.8) is 0 Å². The van der Waals surface area contributed by atoms with Crippen molar-refractivity contribution in [2.24, 2.45) is 0 Å². The van der Waals surface area contributed by atoms with Gasteiger partial charge in [-0.05, 0) is 6.42 Å². The number of rotatable bonds is 6. The van der Waals surface area contributed by atoms with E-state index in [1.165, 1.54) is 0 Å². The predicted octanol–water partition coefficient (Wildman–Crippen LogP) is 0.670. The molecule has 0 spiro atoms. The summed E-state index contributed by atoms with van der Waals surface area (Å²) in [5, 5.41) is 11.4. The Morgan fingerprint density at radius 1 is 1.57 bits per heavy atom. The number of ether oxygens (including phenoxy) is 1. The highest BCUT2D eigenvalue weighted by Gasteiger charge is 1.98. The van der Waals surface area contributed by atoms with Gasteiger partial charge in [-0.15, -0.1) is 0 Å². The minimum Gasteiger partial charge on any atom is -0.478 e. The summed E-state index contributed by atoms with van der Waals surface area (Å²) in [4.78, 5) is 8.06. The fourth-order valence-electron chi connectivity index (χ4n) is 0.882. The third-order valence-corrected chi connectivity index (χ3v) is 1.48. The number of nitrogens with zero attached hydrogens (tertiary/aromatic N) is 2. The van der Waals surface area contributed by atoms with E-state index >= 15 is 0 Å². The summed E-state index contributed by atoms with van der Waals surface area (Å²) in [5.74, 6) is 1.04. The zero-order valence-electron chi connectivity index (χ0n) is 8.23. The van der Waals surface area contributed by atoms with Gasteiger partial charge in [0.25, 0.3) is 0 Å². The molecule has 0 aliphatic carbocycles. The van der Waals surface area contributed by atoms with Crippen LogP contribution >= 0.6 is 0 Å². The van der Waals surface area contributed by atoms with Crippen LogP contribution < -0.4 is 10.1 Å². The molecule has 0 unspecified atom stereocenters. The maximum absolute atomic E-state index is 8.59. The summed E-state index contributed by atoms with van der Waals surface area (Å²) in [6.45, 7) is 3.18. The summed E-state index contributed by atoms with van der Waals surface area (Å²) < 4.78 is 5.32. The van der Waals surface area contributed by atoms with Gasteiger partial charge >= 0.3 is 0 Å². The lowest BCUT2D eigenvalue weighted by Crippen LogP contribution is -2.09. The van der Waals surface area contributed by atoms with Gasteiger partial charge in [-0.3, -0.25) is 0 Å². The summed E-state index contributed by atoms with van der Waals surface area (Å²) >= 11 is 0. The minimum absolute atomic E-state index is 0.0589. The molecule has 0 aliphatic rings. The molecule has 5 nitrogen and oxygen atoms in total. The van der Waals surface area contributed by atoms with Gasteiger partial charge in [0.05, 0.1) is 13.2 Å². The van der Waals surface area contributed by atoms with Crippen LogP contribution in [-0.4, -0.2) is 34.8 Å². The molecule has 0 aliphatic heterocycles. The van der Waals surface area contributed by atoms with E-state index in [1.54, 1.807) is 12.3 Å². The van der Waals surface area contributed by atoms with Gasteiger partial charge in [-0.25, -0.2) is 4.98 Å². The fourth-order valence-corrected chi connectivity index (χ4v) is 0.882. The molecular weight excluding hydrogens is 182 g/mol. The SMILES string of the molecule is CCCOc1ccnc(NCCO)n1. The van der Waals surface area contributed by atoms with E-state index < -0.39 is 0 Å². The van der Waals surface area contributed by atoms with E-state index in [0.717, 1.165) is 6.42 Å². The molecule has 5 heteroatoms. The number of aromatic nitrogens is 2. The smallest absolute Gasteiger partial charge is 0.226 e. The van der Waals surface area contributed by atoms with Crippen LogP contribution in [-0.2, 0) is 0 Å². The zero-order valence-corrected chi connectivity index (χ0v) is 8.23. The van der Waals surface area contributed by atoms with Gasteiger partial charge in [-0.1, -0.05) is 6.92 Å². The van der Waals surface area contributed by atoms with Crippen molar-refractivity contribution < 1.29 is 9.84 Å². The highest BCUT2D eigenvalue weighted by molar-refractivity contribution is 5.27. The Morgan fingerprint density at radius 3 is 3.14 bits per heavy atom. The first-order valence-corrected chi connectivity index (χ1v) is 4.67. The van der Waals surface area contributed by atoms with Gasteiger partial charge < -0.3 is 15.2 Å². The van der Waals surface area contributed by atoms with Gasteiger partial charge in [0.1, 0.15) is 0 Å². The molecule has 0 radical (unpaired) electrons. The third kappa shape index (κ3) is 3.57. The Hall–Kier alpha value is -1.36. The van der Waals surface area contributed by atoms with E-state index in [-0.39, 0.29) is 6.61 Å². The number of aliphatic hydroxyl groups excluding tert-OH is 1. The lowest BCUT2D eigenvalue weighted by atomic mass is 10.5. The first-order chi connectivity index (χ1) is 6.86.